The van der Waals surface area contributed by atoms with E-state index in [1.165, 1.54) is 50.6 Å². The van der Waals surface area contributed by atoms with E-state index in [1.54, 1.807) is 12.1 Å². The average molecular weight is 551 g/mol. The first-order valence-electron chi connectivity index (χ1n) is 10.7. The second-order valence-corrected chi connectivity index (χ2v) is 8.54. The molecule has 0 bridgehead atoms. The molecule has 1 N–H and O–H groups in total. The molecule has 4 rings (SSSR count). The van der Waals surface area contributed by atoms with Crippen LogP contribution in [0, 0.1) is 0 Å². The van der Waals surface area contributed by atoms with E-state index in [-0.39, 0.29) is 59.2 Å². The number of aliphatic hydroxyl groups excluding tert-OH is 1. The Hall–Kier alpha value is -3.71. The number of halogens is 1. The van der Waals surface area contributed by atoms with Gasteiger partial charge in [-0.2, -0.15) is 0 Å². The third-order valence-electron chi connectivity index (χ3n) is 5.11. The van der Waals surface area contributed by atoms with Crippen molar-refractivity contribution in [3.8, 4) is 34.5 Å². The standard InChI is InChI=1S/C24H22ClNO10S/c1-31-16-4-5-17(25)20(12-16)36-23-18(9-14(24(28)32-2)10-22(23)33-8-7-27)26(37(29)30)15-3-6-19-21(11-15)35-13-34-19/h3-6,9-12,27H,7-8,13H2,1-2H3,(H,29,30)/p-1. The predicted octanol–water partition coefficient (Wildman–Crippen LogP) is 3.96. The molecule has 196 valence electrons. The number of fused-ring (bicyclic) bond motifs is 1. The van der Waals surface area contributed by atoms with Gasteiger partial charge in [-0.05, 0) is 36.4 Å². The Morgan fingerprint density at radius 2 is 1.89 bits per heavy atom. The van der Waals surface area contributed by atoms with E-state index in [0.29, 0.717) is 17.2 Å². The maximum Gasteiger partial charge on any atom is 0.338 e. The third-order valence-corrected chi connectivity index (χ3v) is 6.13. The summed E-state index contributed by atoms with van der Waals surface area (Å²) in [5, 5.41) is 9.54. The van der Waals surface area contributed by atoms with Crippen LogP contribution in [0.25, 0.3) is 0 Å². The smallest absolute Gasteiger partial charge is 0.338 e. The van der Waals surface area contributed by atoms with Crippen LogP contribution in [-0.4, -0.2) is 54.1 Å². The number of carbonyl (C=O) groups excluding carboxylic acids is 1. The lowest BCUT2D eigenvalue weighted by Gasteiger charge is -2.29. The second-order valence-electron chi connectivity index (χ2n) is 7.33. The Kier molecular flexibility index (Phi) is 8.24. The van der Waals surface area contributed by atoms with Crippen LogP contribution in [0.5, 0.6) is 34.5 Å². The quantitative estimate of drug-likeness (QED) is 0.292. The number of hydrogen-bond donors (Lipinski definition) is 1. The molecule has 1 aliphatic rings. The number of methoxy groups -OCH3 is 2. The van der Waals surface area contributed by atoms with Crippen LogP contribution in [-0.2, 0) is 16.0 Å². The Morgan fingerprint density at radius 3 is 2.59 bits per heavy atom. The summed E-state index contributed by atoms with van der Waals surface area (Å²) in [5.41, 5.74) is 0.00180. The fraction of sp³-hybridized carbons (Fsp3) is 0.208. The Labute approximate surface area is 219 Å². The lowest BCUT2D eigenvalue weighted by atomic mass is 10.1. The van der Waals surface area contributed by atoms with Gasteiger partial charge < -0.3 is 38.1 Å². The van der Waals surface area contributed by atoms with Gasteiger partial charge in [0.25, 0.3) is 0 Å². The lowest BCUT2D eigenvalue weighted by Crippen LogP contribution is -2.21. The molecule has 0 amide bonds. The number of aliphatic hydroxyl groups is 1. The van der Waals surface area contributed by atoms with Gasteiger partial charge in [0.2, 0.25) is 6.79 Å². The monoisotopic (exact) mass is 550 g/mol. The molecule has 0 radical (unpaired) electrons. The Balaban J connectivity index is 1.95. The van der Waals surface area contributed by atoms with Crippen LogP contribution in [0.15, 0.2) is 48.5 Å². The van der Waals surface area contributed by atoms with E-state index < -0.39 is 17.2 Å². The fourth-order valence-electron chi connectivity index (χ4n) is 3.46. The van der Waals surface area contributed by atoms with E-state index in [4.69, 9.17) is 40.0 Å². The molecular formula is C24H21ClNO10S-. The molecule has 3 aromatic carbocycles. The van der Waals surface area contributed by atoms with Crippen LogP contribution in [0.1, 0.15) is 10.4 Å². The summed E-state index contributed by atoms with van der Waals surface area (Å²) in [4.78, 5) is 12.5. The molecule has 0 saturated carbocycles. The summed E-state index contributed by atoms with van der Waals surface area (Å²) in [6.45, 7) is -0.563. The number of carbonyl (C=O) groups is 1. The van der Waals surface area contributed by atoms with Gasteiger partial charge in [0.1, 0.15) is 23.8 Å². The highest BCUT2D eigenvalue weighted by molar-refractivity contribution is 7.81. The molecular weight excluding hydrogens is 530 g/mol. The summed E-state index contributed by atoms with van der Waals surface area (Å²) in [7, 11) is 2.64. The van der Waals surface area contributed by atoms with Gasteiger partial charge in [-0.25, -0.2) is 4.79 Å². The number of hydrogen-bond acceptors (Lipinski definition) is 10. The van der Waals surface area contributed by atoms with E-state index in [9.17, 15) is 18.7 Å². The number of ether oxygens (including phenoxy) is 6. The van der Waals surface area contributed by atoms with Crippen molar-refractivity contribution >= 4 is 40.2 Å². The number of anilines is 2. The minimum absolute atomic E-state index is 0.0150. The molecule has 0 spiro atoms. The van der Waals surface area contributed by atoms with Crippen LogP contribution in [0.2, 0.25) is 5.02 Å². The maximum absolute atomic E-state index is 12.6. The first kappa shape index (κ1) is 26.4. The zero-order chi connectivity index (χ0) is 26.5. The van der Waals surface area contributed by atoms with Crippen molar-refractivity contribution in [3.63, 3.8) is 0 Å². The predicted molar refractivity (Wildman–Crippen MR) is 132 cm³/mol. The van der Waals surface area contributed by atoms with Crippen LogP contribution in [0.4, 0.5) is 11.4 Å². The summed E-state index contributed by atoms with van der Waals surface area (Å²) >= 11 is 3.41. The normalized spacial score (nSPS) is 12.6. The van der Waals surface area contributed by atoms with Gasteiger partial charge in [0.15, 0.2) is 23.0 Å². The molecule has 1 unspecified atom stereocenters. The van der Waals surface area contributed by atoms with Gasteiger partial charge in [-0.15, -0.1) is 0 Å². The zero-order valence-electron chi connectivity index (χ0n) is 19.6. The van der Waals surface area contributed by atoms with Crippen LogP contribution < -0.4 is 28.0 Å². The topological polar surface area (TPSA) is 136 Å². The summed E-state index contributed by atoms with van der Waals surface area (Å²) in [5.74, 6) is 0.375. The van der Waals surface area contributed by atoms with Gasteiger partial charge in [0.05, 0.1) is 48.4 Å². The molecule has 1 aliphatic heterocycles. The molecule has 1 atom stereocenters. The second kappa shape index (κ2) is 11.6. The van der Waals surface area contributed by atoms with E-state index in [2.05, 4.69) is 0 Å². The van der Waals surface area contributed by atoms with E-state index >= 15 is 0 Å². The van der Waals surface area contributed by atoms with Crippen LogP contribution >= 0.6 is 11.6 Å². The molecule has 0 aromatic heterocycles. The number of rotatable bonds is 10. The summed E-state index contributed by atoms with van der Waals surface area (Å²) in [6, 6.07) is 11.7. The van der Waals surface area contributed by atoms with Gasteiger partial charge in [-0.1, -0.05) is 11.6 Å². The highest BCUT2D eigenvalue weighted by atomic mass is 35.5. The molecule has 11 nitrogen and oxygen atoms in total. The third kappa shape index (κ3) is 5.67. The van der Waals surface area contributed by atoms with Crippen molar-refractivity contribution in [2.45, 2.75) is 0 Å². The van der Waals surface area contributed by atoms with Gasteiger partial charge in [0, 0.05) is 12.1 Å². The molecule has 37 heavy (non-hydrogen) atoms. The summed E-state index contributed by atoms with van der Waals surface area (Å²) < 4.78 is 58.6. The molecule has 0 saturated heterocycles. The highest BCUT2D eigenvalue weighted by Gasteiger charge is 2.26. The van der Waals surface area contributed by atoms with Crippen molar-refractivity contribution in [2.75, 3.05) is 38.5 Å². The number of esters is 1. The number of benzene rings is 3. The van der Waals surface area contributed by atoms with Crippen molar-refractivity contribution in [1.82, 2.24) is 0 Å². The molecule has 1 heterocycles. The minimum atomic E-state index is -2.93. The largest absolute Gasteiger partial charge is 0.755 e. The van der Waals surface area contributed by atoms with Crippen LogP contribution in [0.3, 0.4) is 0 Å². The van der Waals surface area contributed by atoms with E-state index in [0.717, 1.165) is 4.31 Å². The first-order chi connectivity index (χ1) is 17.9. The van der Waals surface area contributed by atoms with Crippen molar-refractivity contribution in [2.24, 2.45) is 0 Å². The van der Waals surface area contributed by atoms with Gasteiger partial charge in [-0.3, -0.25) is 8.51 Å². The first-order valence-corrected chi connectivity index (χ1v) is 12.1. The molecule has 0 fully saturated rings. The highest BCUT2D eigenvalue weighted by Crippen LogP contribution is 2.48. The lowest BCUT2D eigenvalue weighted by molar-refractivity contribution is 0.0600. The molecule has 0 aliphatic carbocycles. The molecule has 3 aromatic rings. The fourth-order valence-corrected chi connectivity index (χ4v) is 4.19. The minimum Gasteiger partial charge on any atom is -0.755 e. The molecule has 13 heteroatoms. The van der Waals surface area contributed by atoms with Crippen molar-refractivity contribution < 1.29 is 47.1 Å². The number of nitrogens with zero attached hydrogens (tertiary/aromatic N) is 1. The zero-order valence-corrected chi connectivity index (χ0v) is 21.2. The van der Waals surface area contributed by atoms with Crippen molar-refractivity contribution in [3.05, 3.63) is 59.1 Å². The summed E-state index contributed by atoms with van der Waals surface area (Å²) in [6.07, 6.45) is 0. The SMILES string of the molecule is COC(=O)c1cc(OCCO)c(Oc2cc(OC)ccc2Cl)c(N(c2ccc3c(c2)OCO3)S(=O)[O-])c1. The van der Waals surface area contributed by atoms with Crippen molar-refractivity contribution in [1.29, 1.82) is 0 Å². The van der Waals surface area contributed by atoms with Gasteiger partial charge >= 0.3 is 5.97 Å². The Morgan fingerprint density at radius 1 is 1.11 bits per heavy atom. The maximum atomic E-state index is 12.6. The van der Waals surface area contributed by atoms with E-state index in [1.807, 2.05) is 0 Å². The Bertz CT molecular complexity index is 1340. The average Bonchev–Trinajstić information content (AvgIpc) is 3.37.